The van der Waals surface area contributed by atoms with Crippen molar-refractivity contribution in [3.05, 3.63) is 59.0 Å². The van der Waals surface area contributed by atoms with Crippen LogP contribution in [0.1, 0.15) is 26.7 Å². The molecule has 0 amide bonds. The van der Waals surface area contributed by atoms with Crippen molar-refractivity contribution in [3.8, 4) is 5.75 Å². The van der Waals surface area contributed by atoms with E-state index >= 15 is 0 Å². The highest BCUT2D eigenvalue weighted by atomic mass is 79.9. The number of carbonyl (C=O) groups is 1. The molecule has 1 atom stereocenters. The number of fused-ring (bicyclic) bond motifs is 1. The van der Waals surface area contributed by atoms with Crippen molar-refractivity contribution in [2.45, 2.75) is 31.6 Å². The number of hydrogen-bond acceptors (Lipinski definition) is 4. The zero-order valence-electron chi connectivity index (χ0n) is 16.4. The zero-order chi connectivity index (χ0) is 21.0. The number of para-hydroxylation sites is 1. The minimum absolute atomic E-state index is 0.0729. The molecule has 3 rings (SSSR count). The summed E-state index contributed by atoms with van der Waals surface area (Å²) in [5.41, 5.74) is 1.75. The Balaban J connectivity index is 2.15. The van der Waals surface area contributed by atoms with Crippen LogP contribution in [0, 0.1) is 5.41 Å². The summed E-state index contributed by atoms with van der Waals surface area (Å²) in [4.78, 5) is 13.3. The first-order valence-electron chi connectivity index (χ1n) is 9.45. The lowest BCUT2D eigenvalue weighted by atomic mass is 9.83. The molecular weight excluding hydrogens is 457 g/mol. The third-order valence-corrected chi connectivity index (χ3v) is 7.77. The highest BCUT2D eigenvalue weighted by Crippen LogP contribution is 2.45. The standard InChI is InChI=1S/C22H23BrFNO3S/c1-3-22(4-2)14-25(17-8-6-5-7-9-17)19-10-18(23)20(28-13-16(24)12-26)11-21(19)29(27)15-22/h5-13H,3-4,14-15H2,1-2H3/b16-13-. The SMILES string of the molecule is CCC1(CC)CN(c2ccccc2)c2cc(Br)c(O/C=C(\F)C=O)cc2S(=O)C1. The third kappa shape index (κ3) is 4.61. The van der Waals surface area contributed by atoms with Crippen LogP contribution in [0.4, 0.5) is 15.8 Å². The van der Waals surface area contributed by atoms with Crippen molar-refractivity contribution in [3.63, 3.8) is 0 Å². The van der Waals surface area contributed by atoms with E-state index in [0.29, 0.717) is 20.9 Å². The van der Waals surface area contributed by atoms with E-state index in [9.17, 15) is 13.4 Å². The molecule has 1 unspecified atom stereocenters. The molecule has 4 nitrogen and oxygen atoms in total. The molecule has 1 heterocycles. The number of halogens is 2. The Morgan fingerprint density at radius 3 is 2.59 bits per heavy atom. The molecule has 0 radical (unpaired) electrons. The average Bonchev–Trinajstić information content (AvgIpc) is 2.87. The van der Waals surface area contributed by atoms with E-state index in [2.05, 4.69) is 34.7 Å². The van der Waals surface area contributed by atoms with Gasteiger partial charge in [0.2, 0.25) is 0 Å². The van der Waals surface area contributed by atoms with Gasteiger partial charge in [-0.1, -0.05) is 32.0 Å². The second kappa shape index (κ2) is 9.22. The summed E-state index contributed by atoms with van der Waals surface area (Å²) in [6, 6.07) is 13.5. The van der Waals surface area contributed by atoms with E-state index in [4.69, 9.17) is 4.74 Å². The highest BCUT2D eigenvalue weighted by molar-refractivity contribution is 9.10. The zero-order valence-corrected chi connectivity index (χ0v) is 18.8. The smallest absolute Gasteiger partial charge is 0.197 e. The number of rotatable bonds is 6. The number of allylic oxidation sites excluding steroid dienone is 1. The number of benzene rings is 2. The largest absolute Gasteiger partial charge is 0.461 e. The van der Waals surface area contributed by atoms with Gasteiger partial charge in [-0.2, -0.15) is 4.39 Å². The van der Waals surface area contributed by atoms with Crippen molar-refractivity contribution >= 4 is 44.4 Å². The van der Waals surface area contributed by atoms with Gasteiger partial charge in [0, 0.05) is 24.1 Å². The average molecular weight is 480 g/mol. The number of aldehydes is 1. The topological polar surface area (TPSA) is 46.6 Å². The molecule has 0 aliphatic carbocycles. The number of carbonyl (C=O) groups excluding carboxylic acids is 1. The molecule has 7 heteroatoms. The minimum atomic E-state index is -1.26. The second-order valence-electron chi connectivity index (χ2n) is 7.11. The van der Waals surface area contributed by atoms with E-state index in [-0.39, 0.29) is 11.7 Å². The molecule has 2 aromatic carbocycles. The van der Waals surface area contributed by atoms with Crippen molar-refractivity contribution in [1.29, 1.82) is 0 Å². The summed E-state index contributed by atoms with van der Waals surface area (Å²) in [7, 11) is -1.26. The molecule has 0 fully saturated rings. The Morgan fingerprint density at radius 2 is 1.97 bits per heavy atom. The fourth-order valence-electron chi connectivity index (χ4n) is 3.49. The first-order valence-corrected chi connectivity index (χ1v) is 11.6. The van der Waals surface area contributed by atoms with Crippen LogP contribution in [-0.4, -0.2) is 22.8 Å². The summed E-state index contributed by atoms with van der Waals surface area (Å²) in [5, 5.41) is 0. The molecular formula is C22H23BrFNO3S. The number of hydrogen-bond donors (Lipinski definition) is 0. The molecule has 0 saturated heterocycles. The molecule has 0 spiro atoms. The fraction of sp³-hybridized carbons (Fsp3) is 0.318. The lowest BCUT2D eigenvalue weighted by Gasteiger charge is -2.35. The van der Waals surface area contributed by atoms with Crippen molar-refractivity contribution < 1.29 is 18.1 Å². The quantitative estimate of drug-likeness (QED) is 0.293. The predicted octanol–water partition coefficient (Wildman–Crippen LogP) is 5.90. The van der Waals surface area contributed by atoms with Gasteiger partial charge in [-0.3, -0.25) is 9.00 Å². The summed E-state index contributed by atoms with van der Waals surface area (Å²) < 4.78 is 32.4. The molecule has 0 saturated carbocycles. The van der Waals surface area contributed by atoms with Crippen LogP contribution < -0.4 is 9.64 Å². The molecule has 29 heavy (non-hydrogen) atoms. The first-order chi connectivity index (χ1) is 13.9. The molecule has 0 bridgehead atoms. The van der Waals surface area contributed by atoms with Crippen LogP contribution in [0.5, 0.6) is 5.75 Å². The van der Waals surface area contributed by atoms with Crippen LogP contribution in [0.25, 0.3) is 0 Å². The second-order valence-corrected chi connectivity index (χ2v) is 9.38. The Morgan fingerprint density at radius 1 is 1.28 bits per heavy atom. The van der Waals surface area contributed by atoms with Gasteiger partial charge in [-0.25, -0.2) is 0 Å². The van der Waals surface area contributed by atoms with Crippen LogP contribution in [0.15, 0.2) is 63.9 Å². The van der Waals surface area contributed by atoms with Gasteiger partial charge in [0.05, 0.1) is 25.9 Å². The maximum Gasteiger partial charge on any atom is 0.197 e. The maximum absolute atomic E-state index is 13.3. The lowest BCUT2D eigenvalue weighted by Crippen LogP contribution is -2.36. The lowest BCUT2D eigenvalue weighted by molar-refractivity contribution is -0.106. The van der Waals surface area contributed by atoms with Gasteiger partial charge in [-0.05, 0) is 52.4 Å². The van der Waals surface area contributed by atoms with Gasteiger partial charge in [-0.15, -0.1) is 0 Å². The third-order valence-electron chi connectivity index (χ3n) is 5.46. The number of nitrogens with zero attached hydrogens (tertiary/aromatic N) is 1. The van der Waals surface area contributed by atoms with E-state index in [1.54, 1.807) is 6.07 Å². The summed E-state index contributed by atoms with van der Waals surface area (Å²) in [5.74, 6) is -0.173. The van der Waals surface area contributed by atoms with Gasteiger partial charge in [0.15, 0.2) is 12.1 Å². The van der Waals surface area contributed by atoms with E-state index < -0.39 is 16.6 Å². The Labute approximate surface area is 181 Å². The Bertz CT molecular complexity index is 945. The van der Waals surface area contributed by atoms with Crippen LogP contribution in [0.2, 0.25) is 0 Å². The molecule has 2 aromatic rings. The van der Waals surface area contributed by atoms with Crippen LogP contribution in [0.3, 0.4) is 0 Å². The van der Waals surface area contributed by atoms with E-state index in [0.717, 1.165) is 37.0 Å². The first kappa shape index (κ1) is 21.7. The number of anilines is 2. The predicted molar refractivity (Wildman–Crippen MR) is 118 cm³/mol. The molecule has 1 aliphatic heterocycles. The van der Waals surface area contributed by atoms with E-state index in [1.807, 2.05) is 36.4 Å². The summed E-state index contributed by atoms with van der Waals surface area (Å²) in [6.07, 6.45) is 2.63. The molecule has 1 aliphatic rings. The van der Waals surface area contributed by atoms with E-state index in [1.165, 1.54) is 0 Å². The summed E-state index contributed by atoms with van der Waals surface area (Å²) >= 11 is 3.46. The van der Waals surface area contributed by atoms with Crippen molar-refractivity contribution in [2.24, 2.45) is 5.41 Å². The summed E-state index contributed by atoms with van der Waals surface area (Å²) in [6.45, 7) is 5.02. The number of ether oxygens (including phenoxy) is 1. The van der Waals surface area contributed by atoms with Gasteiger partial charge in [0.25, 0.3) is 0 Å². The van der Waals surface area contributed by atoms with Gasteiger partial charge in [0.1, 0.15) is 12.0 Å². The minimum Gasteiger partial charge on any atom is -0.461 e. The molecule has 0 aromatic heterocycles. The normalized spacial score (nSPS) is 18.7. The fourth-order valence-corrected chi connectivity index (χ4v) is 5.77. The van der Waals surface area contributed by atoms with Crippen molar-refractivity contribution in [1.82, 2.24) is 0 Å². The molecule has 0 N–H and O–H groups in total. The maximum atomic E-state index is 13.3. The highest BCUT2D eigenvalue weighted by Gasteiger charge is 2.37. The van der Waals surface area contributed by atoms with Gasteiger partial charge < -0.3 is 9.64 Å². The Kier molecular flexibility index (Phi) is 6.90. The van der Waals surface area contributed by atoms with Crippen LogP contribution >= 0.6 is 15.9 Å². The van der Waals surface area contributed by atoms with Crippen molar-refractivity contribution in [2.75, 3.05) is 17.2 Å². The van der Waals surface area contributed by atoms with Gasteiger partial charge >= 0.3 is 0 Å². The Hall–Kier alpha value is -1.99. The molecule has 154 valence electrons. The van der Waals surface area contributed by atoms with Crippen LogP contribution in [-0.2, 0) is 15.6 Å². The monoisotopic (exact) mass is 479 g/mol.